The van der Waals surface area contributed by atoms with Gasteiger partial charge >= 0.3 is 0 Å². The van der Waals surface area contributed by atoms with Gasteiger partial charge in [0.1, 0.15) is 5.54 Å². The highest BCUT2D eigenvalue weighted by atomic mass is 16.5. The van der Waals surface area contributed by atoms with E-state index < -0.39 is 5.54 Å². The van der Waals surface area contributed by atoms with E-state index in [2.05, 4.69) is 33.0 Å². The predicted octanol–water partition coefficient (Wildman–Crippen LogP) is 2.21. The molecule has 1 amide bonds. The van der Waals surface area contributed by atoms with E-state index in [0.717, 1.165) is 38.7 Å². The van der Waals surface area contributed by atoms with Crippen molar-refractivity contribution < 1.29 is 9.53 Å². The molecule has 0 radical (unpaired) electrons. The summed E-state index contributed by atoms with van der Waals surface area (Å²) < 4.78 is 5.85. The Hall–Kier alpha value is -0.610. The molecule has 20 heavy (non-hydrogen) atoms. The van der Waals surface area contributed by atoms with Crippen molar-refractivity contribution in [1.82, 2.24) is 5.32 Å². The fraction of sp³-hybridized carbons (Fsp3) is 0.938. The Balaban J connectivity index is 2.03. The Labute approximate surface area is 122 Å². The van der Waals surface area contributed by atoms with Gasteiger partial charge in [0.25, 0.3) is 0 Å². The summed E-state index contributed by atoms with van der Waals surface area (Å²) in [7, 11) is 0. The van der Waals surface area contributed by atoms with E-state index >= 15 is 0 Å². The molecule has 2 rings (SSSR count). The fourth-order valence-corrected chi connectivity index (χ4v) is 3.96. The minimum Gasteiger partial charge on any atom is -0.377 e. The van der Waals surface area contributed by atoms with Crippen LogP contribution >= 0.6 is 0 Å². The molecule has 116 valence electrons. The molecule has 4 heteroatoms. The lowest BCUT2D eigenvalue weighted by Crippen LogP contribution is -2.82. The topological polar surface area (TPSA) is 64.4 Å². The Morgan fingerprint density at radius 3 is 2.85 bits per heavy atom. The van der Waals surface area contributed by atoms with Crippen LogP contribution in [-0.4, -0.2) is 30.2 Å². The van der Waals surface area contributed by atoms with Crippen molar-refractivity contribution in [3.05, 3.63) is 0 Å². The van der Waals surface area contributed by atoms with Crippen LogP contribution in [0.2, 0.25) is 0 Å². The number of rotatable bonds is 5. The van der Waals surface area contributed by atoms with E-state index in [1.54, 1.807) is 0 Å². The van der Waals surface area contributed by atoms with Crippen LogP contribution in [0.4, 0.5) is 0 Å². The number of nitrogens with one attached hydrogen (secondary N) is 1. The van der Waals surface area contributed by atoms with Gasteiger partial charge in [-0.25, -0.2) is 0 Å². The van der Waals surface area contributed by atoms with Gasteiger partial charge < -0.3 is 15.8 Å². The number of ether oxygens (including phenoxy) is 1. The normalized spacial score (nSPS) is 36.6. The highest BCUT2D eigenvalue weighted by Gasteiger charge is 2.70. The summed E-state index contributed by atoms with van der Waals surface area (Å²) in [4.78, 5) is 12.7. The van der Waals surface area contributed by atoms with Crippen molar-refractivity contribution in [1.29, 1.82) is 0 Å². The average Bonchev–Trinajstić information content (AvgIpc) is 2.44. The van der Waals surface area contributed by atoms with Crippen molar-refractivity contribution in [2.24, 2.45) is 17.1 Å². The maximum Gasteiger partial charge on any atom is 0.241 e. The van der Waals surface area contributed by atoms with E-state index in [4.69, 9.17) is 10.5 Å². The summed E-state index contributed by atoms with van der Waals surface area (Å²) in [5, 5.41) is 3.13. The van der Waals surface area contributed by atoms with Gasteiger partial charge in [-0.05, 0) is 26.2 Å². The van der Waals surface area contributed by atoms with Crippen LogP contribution in [-0.2, 0) is 9.53 Å². The summed E-state index contributed by atoms with van der Waals surface area (Å²) >= 11 is 0. The first kappa shape index (κ1) is 15.8. The number of nitrogens with two attached hydrogens (primary N) is 1. The number of unbranched alkanes of at least 4 members (excludes halogenated alkanes) is 1. The van der Waals surface area contributed by atoms with E-state index in [-0.39, 0.29) is 29.4 Å². The first-order valence-corrected chi connectivity index (χ1v) is 8.07. The Morgan fingerprint density at radius 2 is 2.20 bits per heavy atom. The zero-order valence-corrected chi connectivity index (χ0v) is 13.4. The fourth-order valence-electron chi connectivity index (χ4n) is 3.96. The van der Waals surface area contributed by atoms with E-state index in [1.807, 2.05) is 0 Å². The van der Waals surface area contributed by atoms with Crippen molar-refractivity contribution in [3.8, 4) is 0 Å². The summed E-state index contributed by atoms with van der Waals surface area (Å²) in [6.07, 6.45) is 5.45. The standard InChI is InChI=1S/C16H30N2O2/c1-5-6-8-11(2)18-14(19)16(17)12-9-7-10-20-13(12)15(16,3)4/h11-13H,5-10,17H2,1-4H3,(H,18,19). The lowest BCUT2D eigenvalue weighted by molar-refractivity contribution is -0.225. The van der Waals surface area contributed by atoms with Crippen LogP contribution in [0.1, 0.15) is 59.8 Å². The number of carbonyl (C=O) groups excluding carboxylic acids is 1. The van der Waals surface area contributed by atoms with Gasteiger partial charge in [0.15, 0.2) is 0 Å². The quantitative estimate of drug-likeness (QED) is 0.812. The van der Waals surface area contributed by atoms with E-state index in [1.165, 1.54) is 0 Å². The molecule has 4 unspecified atom stereocenters. The minimum absolute atomic E-state index is 0.0119. The van der Waals surface area contributed by atoms with Gasteiger partial charge in [0.2, 0.25) is 5.91 Å². The largest absolute Gasteiger partial charge is 0.377 e. The Morgan fingerprint density at radius 1 is 1.50 bits per heavy atom. The predicted molar refractivity (Wildman–Crippen MR) is 80.3 cm³/mol. The number of amides is 1. The molecule has 0 spiro atoms. The summed E-state index contributed by atoms with van der Waals surface area (Å²) in [6, 6.07) is 0.197. The second kappa shape index (κ2) is 5.64. The summed E-state index contributed by atoms with van der Waals surface area (Å²) in [5.41, 5.74) is 5.50. The van der Waals surface area contributed by atoms with Crippen LogP contribution in [0.15, 0.2) is 0 Å². The molecule has 1 heterocycles. The molecule has 4 nitrogen and oxygen atoms in total. The van der Waals surface area contributed by atoms with Crippen LogP contribution < -0.4 is 11.1 Å². The zero-order chi connectivity index (χ0) is 15.0. The number of fused-ring (bicyclic) bond motifs is 1. The second-order valence-corrected chi connectivity index (χ2v) is 7.15. The maximum absolute atomic E-state index is 12.7. The molecule has 0 aromatic carbocycles. The van der Waals surface area contributed by atoms with E-state index in [9.17, 15) is 4.79 Å². The summed E-state index contributed by atoms with van der Waals surface area (Å²) in [6.45, 7) is 9.16. The first-order chi connectivity index (χ1) is 9.35. The molecule has 0 aromatic rings. The van der Waals surface area contributed by atoms with Crippen molar-refractivity contribution in [3.63, 3.8) is 0 Å². The molecule has 0 bridgehead atoms. The van der Waals surface area contributed by atoms with Gasteiger partial charge in [-0.3, -0.25) is 4.79 Å². The lowest BCUT2D eigenvalue weighted by atomic mass is 9.46. The smallest absolute Gasteiger partial charge is 0.241 e. The number of carbonyl (C=O) groups is 1. The Kier molecular flexibility index (Phi) is 4.45. The first-order valence-electron chi connectivity index (χ1n) is 8.07. The zero-order valence-electron chi connectivity index (χ0n) is 13.4. The Bertz CT molecular complexity index is 369. The lowest BCUT2D eigenvalue weighted by Gasteiger charge is -2.65. The van der Waals surface area contributed by atoms with Crippen LogP contribution in [0.25, 0.3) is 0 Å². The van der Waals surface area contributed by atoms with Crippen LogP contribution in [0.5, 0.6) is 0 Å². The highest BCUT2D eigenvalue weighted by molar-refractivity contribution is 5.89. The molecule has 1 saturated heterocycles. The van der Waals surface area contributed by atoms with Gasteiger partial charge in [-0.2, -0.15) is 0 Å². The molecule has 2 aliphatic rings. The molecule has 0 aromatic heterocycles. The maximum atomic E-state index is 12.7. The highest BCUT2D eigenvalue weighted by Crippen LogP contribution is 2.57. The third-order valence-corrected chi connectivity index (χ3v) is 5.43. The third kappa shape index (κ3) is 2.27. The van der Waals surface area contributed by atoms with Gasteiger partial charge in [-0.1, -0.05) is 33.6 Å². The SMILES string of the molecule is CCCCC(C)NC(=O)C1(N)C2CCCOC2C1(C)C. The van der Waals surface area contributed by atoms with Gasteiger partial charge in [-0.15, -0.1) is 0 Å². The molecule has 1 saturated carbocycles. The molecular weight excluding hydrogens is 252 g/mol. The number of hydrogen-bond acceptors (Lipinski definition) is 3. The molecule has 1 aliphatic heterocycles. The van der Waals surface area contributed by atoms with Crippen molar-refractivity contribution in [2.75, 3.05) is 6.61 Å². The molecule has 3 N–H and O–H groups in total. The van der Waals surface area contributed by atoms with Gasteiger partial charge in [0.05, 0.1) is 6.10 Å². The minimum atomic E-state index is -0.779. The average molecular weight is 282 g/mol. The molecule has 2 fully saturated rings. The van der Waals surface area contributed by atoms with Crippen LogP contribution in [0.3, 0.4) is 0 Å². The molecule has 4 atom stereocenters. The molecular formula is C16H30N2O2. The van der Waals surface area contributed by atoms with Gasteiger partial charge in [0, 0.05) is 24.0 Å². The van der Waals surface area contributed by atoms with Crippen molar-refractivity contribution in [2.45, 2.75) is 77.5 Å². The molecule has 1 aliphatic carbocycles. The van der Waals surface area contributed by atoms with Crippen molar-refractivity contribution >= 4 is 5.91 Å². The monoisotopic (exact) mass is 282 g/mol. The summed E-state index contributed by atoms with van der Waals surface area (Å²) in [5.74, 6) is 0.183. The van der Waals surface area contributed by atoms with Crippen LogP contribution in [0, 0.1) is 11.3 Å². The second-order valence-electron chi connectivity index (χ2n) is 7.15. The third-order valence-electron chi connectivity index (χ3n) is 5.43. The van der Waals surface area contributed by atoms with E-state index in [0.29, 0.717) is 0 Å². The number of hydrogen-bond donors (Lipinski definition) is 2.